The van der Waals surface area contributed by atoms with Gasteiger partial charge < -0.3 is 0 Å². The lowest BCUT2D eigenvalue weighted by molar-refractivity contribution is 0.886. The molecule has 0 atom stereocenters. The highest BCUT2D eigenvalue weighted by atomic mass is 15.3. The van der Waals surface area contributed by atoms with Crippen LogP contribution in [-0.2, 0) is 0 Å². The molecule has 0 bridgehead atoms. The first-order valence-corrected chi connectivity index (χ1v) is 18.7. The van der Waals surface area contributed by atoms with E-state index >= 15 is 0 Å². The number of hydrogen-bond donors (Lipinski definition) is 0. The summed E-state index contributed by atoms with van der Waals surface area (Å²) in [7, 11) is 0. The van der Waals surface area contributed by atoms with Gasteiger partial charge in [-0.2, -0.15) is 4.98 Å². The Morgan fingerprint density at radius 2 is 0.534 bits per heavy atom. The first-order valence-electron chi connectivity index (χ1n) is 18.7. The van der Waals surface area contributed by atoms with Gasteiger partial charge in [-0.25, -0.2) is 39.9 Å². The number of rotatable bonds is 4. The maximum absolute atomic E-state index is 5.29. The molecule has 7 aromatic heterocycles. The van der Waals surface area contributed by atoms with E-state index in [1.165, 1.54) is 25.3 Å². The molecule has 13 aromatic rings. The van der Waals surface area contributed by atoms with E-state index < -0.39 is 0 Å². The van der Waals surface area contributed by atoms with Crippen LogP contribution in [0.1, 0.15) is 0 Å². The average molecular weight is 748 g/mol. The van der Waals surface area contributed by atoms with Crippen LogP contribution in [0.25, 0.3) is 111 Å². The Kier molecular flexibility index (Phi) is 6.13. The summed E-state index contributed by atoms with van der Waals surface area (Å²) in [6, 6.07) is 42.3. The molecular weight excluding hydrogens is 723 g/mol. The van der Waals surface area contributed by atoms with Crippen molar-refractivity contribution in [1.82, 2.24) is 63.1 Å². The third-order valence-electron chi connectivity index (χ3n) is 11.2. The van der Waals surface area contributed by atoms with Crippen LogP contribution in [0.15, 0.2) is 153 Å². The van der Waals surface area contributed by atoms with Crippen LogP contribution in [0, 0.1) is 0 Å². The van der Waals surface area contributed by atoms with Crippen molar-refractivity contribution in [3.05, 3.63) is 153 Å². The molecule has 58 heavy (non-hydrogen) atoms. The van der Waals surface area contributed by atoms with Gasteiger partial charge in [-0.15, -0.1) is 0 Å². The second-order valence-corrected chi connectivity index (χ2v) is 14.1. The van der Waals surface area contributed by atoms with Gasteiger partial charge in [-0.05, 0) is 48.5 Å². The summed E-state index contributed by atoms with van der Waals surface area (Å²) in [4.78, 5) is 41.3. The summed E-state index contributed by atoms with van der Waals surface area (Å²) >= 11 is 0. The van der Waals surface area contributed by atoms with E-state index in [4.69, 9.17) is 15.0 Å². The van der Waals surface area contributed by atoms with Crippen LogP contribution in [-0.4, -0.2) is 63.1 Å². The summed E-state index contributed by atoms with van der Waals surface area (Å²) < 4.78 is 8.47. The lowest BCUT2D eigenvalue weighted by Gasteiger charge is -2.10. The summed E-state index contributed by atoms with van der Waals surface area (Å²) in [5.41, 5.74) is 7.90. The Morgan fingerprint density at radius 3 is 0.862 bits per heavy atom. The second-order valence-electron chi connectivity index (χ2n) is 14.1. The maximum atomic E-state index is 5.29. The lowest BCUT2D eigenvalue weighted by Crippen LogP contribution is -2.07. The number of nitrogens with zero attached hydrogens (tertiary/aromatic N) is 13. The molecule has 0 N–H and O–H groups in total. The molecule has 270 valence electrons. The van der Waals surface area contributed by atoms with E-state index in [0.717, 1.165) is 87.2 Å². The predicted molar refractivity (Wildman–Crippen MR) is 224 cm³/mol. The lowest BCUT2D eigenvalue weighted by atomic mass is 10.1. The fourth-order valence-corrected chi connectivity index (χ4v) is 8.91. The van der Waals surface area contributed by atoms with Crippen LogP contribution in [0.2, 0.25) is 0 Å². The van der Waals surface area contributed by atoms with Gasteiger partial charge in [0.05, 0.1) is 44.1 Å². The van der Waals surface area contributed by atoms with Gasteiger partial charge in [-0.1, -0.05) is 72.8 Å². The van der Waals surface area contributed by atoms with Gasteiger partial charge in [0.2, 0.25) is 23.8 Å². The molecule has 13 rings (SSSR count). The van der Waals surface area contributed by atoms with Gasteiger partial charge in [0, 0.05) is 43.1 Å². The predicted octanol–water partition coefficient (Wildman–Crippen LogP) is 8.63. The molecule has 13 heteroatoms. The molecule has 0 saturated carbocycles. The summed E-state index contributed by atoms with van der Waals surface area (Å²) in [5, 5.41) is 8.54. The first kappa shape index (κ1) is 30.8. The van der Waals surface area contributed by atoms with Crippen molar-refractivity contribution < 1.29 is 0 Å². The molecule has 0 radical (unpaired) electrons. The van der Waals surface area contributed by atoms with Crippen molar-refractivity contribution in [3.8, 4) is 23.8 Å². The normalized spacial score (nSPS) is 12.1. The van der Waals surface area contributed by atoms with Crippen molar-refractivity contribution >= 4 is 87.2 Å². The van der Waals surface area contributed by atoms with Gasteiger partial charge in [0.25, 0.3) is 0 Å². The molecular formula is C45H25N13. The van der Waals surface area contributed by atoms with E-state index in [1.807, 2.05) is 24.3 Å². The van der Waals surface area contributed by atoms with E-state index in [9.17, 15) is 0 Å². The van der Waals surface area contributed by atoms with Crippen LogP contribution in [0.3, 0.4) is 0 Å². The van der Waals surface area contributed by atoms with E-state index in [2.05, 4.69) is 145 Å². The van der Waals surface area contributed by atoms with Gasteiger partial charge >= 0.3 is 0 Å². The van der Waals surface area contributed by atoms with Crippen molar-refractivity contribution in [2.75, 3.05) is 0 Å². The molecule has 0 aliphatic carbocycles. The molecule has 0 amide bonds. The molecule has 0 unspecified atom stereocenters. The van der Waals surface area contributed by atoms with Crippen LogP contribution in [0.5, 0.6) is 0 Å². The Morgan fingerprint density at radius 1 is 0.259 bits per heavy atom. The minimum atomic E-state index is 0.509. The molecule has 0 saturated heterocycles. The third-order valence-corrected chi connectivity index (χ3v) is 11.2. The number of fused-ring (bicyclic) bond motifs is 12. The molecule has 6 aromatic carbocycles. The molecule has 0 spiro atoms. The molecule has 0 fully saturated rings. The molecule has 0 aliphatic heterocycles. The second kappa shape index (κ2) is 11.5. The van der Waals surface area contributed by atoms with Crippen LogP contribution >= 0.6 is 0 Å². The quantitative estimate of drug-likeness (QED) is 0.173. The SMILES string of the molecule is c1ccc2c(c1)c1cc3c(cc1n2-c1ncncn1)c1ccccc1n3-c1ncnc(-n2c3ccccc3c3cc4c(cc32)c2ccccc2n4-c2ncncn2)n1. The standard InChI is InChI=1S/C45H25N13/c1-5-13-34-26(9-1)30-19-40-32(17-38(30)55(34)42-48-21-46-22-49-42)28-11-3-7-15-36(28)57(40)44-52-25-53-45(54-44)58-37-16-8-4-12-29(37)33-18-39-31(20-41(33)58)27-10-2-6-14-35(27)56(39)43-50-23-47-24-51-43/h1-25H. The number of hydrogen-bond acceptors (Lipinski definition) is 9. The number of benzene rings is 6. The minimum absolute atomic E-state index is 0.509. The van der Waals surface area contributed by atoms with E-state index in [1.54, 1.807) is 6.33 Å². The van der Waals surface area contributed by atoms with Crippen molar-refractivity contribution in [2.45, 2.75) is 0 Å². The Bertz CT molecular complexity index is 3560. The Balaban J connectivity index is 1.08. The Hall–Kier alpha value is -8.45. The average Bonchev–Trinajstić information content (AvgIpc) is 4.00. The largest absolute Gasteiger partial charge is 0.278 e. The van der Waals surface area contributed by atoms with Crippen molar-refractivity contribution in [2.24, 2.45) is 0 Å². The minimum Gasteiger partial charge on any atom is -0.278 e. The number of para-hydroxylation sites is 4. The van der Waals surface area contributed by atoms with Gasteiger partial charge in [0.1, 0.15) is 31.6 Å². The van der Waals surface area contributed by atoms with Crippen molar-refractivity contribution in [1.29, 1.82) is 0 Å². The van der Waals surface area contributed by atoms with Gasteiger partial charge in [-0.3, -0.25) is 18.3 Å². The smallest absolute Gasteiger partial charge is 0.239 e. The zero-order valence-corrected chi connectivity index (χ0v) is 30.2. The van der Waals surface area contributed by atoms with E-state index in [0.29, 0.717) is 23.8 Å². The first-order chi connectivity index (χ1) is 28.8. The molecule has 0 aliphatic rings. The fraction of sp³-hybridized carbons (Fsp3) is 0. The molecule has 13 nitrogen and oxygen atoms in total. The summed E-state index contributed by atoms with van der Waals surface area (Å²) in [5.74, 6) is 2.14. The topological polar surface area (TPSA) is 136 Å². The highest BCUT2D eigenvalue weighted by Gasteiger charge is 2.23. The highest BCUT2D eigenvalue weighted by Crippen LogP contribution is 2.41. The third kappa shape index (κ3) is 4.15. The summed E-state index contributed by atoms with van der Waals surface area (Å²) in [6.07, 6.45) is 7.72. The fourth-order valence-electron chi connectivity index (χ4n) is 8.91. The maximum Gasteiger partial charge on any atom is 0.239 e. The highest BCUT2D eigenvalue weighted by molar-refractivity contribution is 6.20. The zero-order valence-electron chi connectivity index (χ0n) is 30.2. The van der Waals surface area contributed by atoms with Crippen LogP contribution in [0.4, 0.5) is 0 Å². The van der Waals surface area contributed by atoms with Crippen LogP contribution < -0.4 is 0 Å². The van der Waals surface area contributed by atoms with Gasteiger partial charge in [0.15, 0.2) is 0 Å². The number of aromatic nitrogens is 13. The summed E-state index contributed by atoms with van der Waals surface area (Å²) in [6.45, 7) is 0. The monoisotopic (exact) mass is 747 g/mol. The Labute approximate surface area is 326 Å². The van der Waals surface area contributed by atoms with E-state index in [-0.39, 0.29) is 0 Å². The zero-order chi connectivity index (χ0) is 37.9. The van der Waals surface area contributed by atoms with Crippen molar-refractivity contribution in [3.63, 3.8) is 0 Å². The molecule has 7 heterocycles.